The van der Waals surface area contributed by atoms with Crippen molar-refractivity contribution in [3.63, 3.8) is 0 Å². The number of unbranched alkanes of at least 4 members (excludes halogenated alkanes) is 7. The Morgan fingerprint density at radius 1 is 0.889 bits per heavy atom. The Labute approximate surface area is 162 Å². The summed E-state index contributed by atoms with van der Waals surface area (Å²) in [6.07, 6.45) is 8.43. The van der Waals surface area contributed by atoms with Crippen LogP contribution in [0.3, 0.4) is 0 Å². The van der Waals surface area contributed by atoms with Crippen molar-refractivity contribution in [2.24, 2.45) is 5.50 Å². The predicted octanol–water partition coefficient (Wildman–Crippen LogP) is 3.85. The third-order valence-electron chi connectivity index (χ3n) is 3.89. The van der Waals surface area contributed by atoms with Crippen molar-refractivity contribution in [1.29, 1.82) is 0 Å². The number of carbonyl (C=O) groups is 2. The van der Waals surface area contributed by atoms with Gasteiger partial charge in [0.2, 0.25) is 0 Å². The van der Waals surface area contributed by atoms with Crippen LogP contribution in [0, 0.1) is 0 Å². The Bertz CT molecular complexity index is 453. The van der Waals surface area contributed by atoms with E-state index in [2.05, 4.69) is 11.4 Å². The van der Waals surface area contributed by atoms with Gasteiger partial charge in [0.05, 0.1) is 6.61 Å². The zero-order valence-electron chi connectivity index (χ0n) is 16.7. The second-order valence-corrected chi connectivity index (χ2v) is 8.02. The third-order valence-corrected chi connectivity index (χ3v) is 4.41. The average Bonchev–Trinajstić information content (AvgIpc) is 2.60. The smallest absolute Gasteiger partial charge is 0.400 e. The molecule has 0 fully saturated rings. The zero-order valence-corrected chi connectivity index (χ0v) is 17.6. The van der Waals surface area contributed by atoms with Crippen LogP contribution in [0.2, 0.25) is 0 Å². The fourth-order valence-electron chi connectivity index (χ4n) is 2.38. The summed E-state index contributed by atoms with van der Waals surface area (Å²) in [6.45, 7) is 3.53. The van der Waals surface area contributed by atoms with Crippen molar-refractivity contribution >= 4 is 19.7 Å². The van der Waals surface area contributed by atoms with Gasteiger partial charge in [-0.15, -0.1) is 0 Å². The molecule has 0 radical (unpaired) electrons. The van der Waals surface area contributed by atoms with E-state index in [0.717, 1.165) is 44.9 Å². The number of ether oxygens (including phenoxy) is 2. The molecule has 0 aromatic heterocycles. The van der Waals surface area contributed by atoms with Crippen LogP contribution in [0.15, 0.2) is 0 Å². The summed E-state index contributed by atoms with van der Waals surface area (Å²) in [4.78, 5) is 32.6. The molecule has 0 heterocycles. The van der Waals surface area contributed by atoms with Gasteiger partial charge in [-0.25, -0.2) is 10.1 Å². The summed E-state index contributed by atoms with van der Waals surface area (Å²) < 4.78 is 26.0. The van der Waals surface area contributed by atoms with Gasteiger partial charge in [0, 0.05) is 12.8 Å². The molecule has 0 aliphatic rings. The van der Waals surface area contributed by atoms with Crippen molar-refractivity contribution in [2.75, 3.05) is 13.2 Å². The van der Waals surface area contributed by atoms with E-state index in [1.165, 1.54) is 6.42 Å². The number of hydrogen-bond donors (Lipinski definition) is 2. The van der Waals surface area contributed by atoms with Crippen molar-refractivity contribution in [2.45, 2.75) is 90.6 Å². The van der Waals surface area contributed by atoms with Crippen LogP contribution in [0.4, 0.5) is 0 Å². The number of hydrogen-bond acceptors (Lipinski definition) is 6. The zero-order chi connectivity index (χ0) is 20.5. The highest BCUT2D eigenvalue weighted by Gasteiger charge is 2.21. The number of carbonyl (C=O) groups excluding carboxylic acids is 2. The monoisotopic (exact) mass is 409 g/mol. The van der Waals surface area contributed by atoms with E-state index in [9.17, 15) is 14.2 Å². The minimum Gasteiger partial charge on any atom is -0.462 e. The van der Waals surface area contributed by atoms with Gasteiger partial charge in [0.15, 0.2) is 6.10 Å². The highest BCUT2D eigenvalue weighted by Crippen LogP contribution is 2.31. The standard InChI is InChI=1S/C18H36NO7P/c1-3-5-7-8-9-11-13-18(21)26-16(15-25-27(19,22)23)14-24-17(20)12-10-6-4-2/h16H,3-15H2,1-2H3,(H3,19,22,23)/t16-/m1/s1. The summed E-state index contributed by atoms with van der Waals surface area (Å²) in [5.41, 5.74) is 4.93. The SMILES string of the molecule is CCCCCCCCC(=O)O[C@H](COC(=O)CCCCC)COP(N)(=O)O. The summed E-state index contributed by atoms with van der Waals surface area (Å²) in [5, 5.41) is 0. The van der Waals surface area contributed by atoms with E-state index in [1.54, 1.807) is 0 Å². The van der Waals surface area contributed by atoms with Gasteiger partial charge < -0.3 is 14.4 Å². The first-order valence-corrected chi connectivity index (χ1v) is 11.5. The Hall–Kier alpha value is -0.950. The summed E-state index contributed by atoms with van der Waals surface area (Å²) in [6, 6.07) is 0. The molecule has 0 saturated heterocycles. The van der Waals surface area contributed by atoms with Crippen LogP contribution in [0.1, 0.15) is 84.5 Å². The minimum atomic E-state index is -4.20. The molecule has 0 saturated carbocycles. The first kappa shape index (κ1) is 26.1. The van der Waals surface area contributed by atoms with Crippen molar-refractivity contribution in [3.05, 3.63) is 0 Å². The summed E-state index contributed by atoms with van der Waals surface area (Å²) in [5.74, 6) is -0.855. The van der Waals surface area contributed by atoms with Gasteiger partial charge in [-0.05, 0) is 12.8 Å². The Morgan fingerprint density at radius 3 is 2.04 bits per heavy atom. The van der Waals surface area contributed by atoms with Gasteiger partial charge in [-0.1, -0.05) is 58.8 Å². The minimum absolute atomic E-state index is 0.229. The second-order valence-electron chi connectivity index (χ2n) is 6.63. The van der Waals surface area contributed by atoms with E-state index >= 15 is 0 Å². The second kappa shape index (κ2) is 16.0. The van der Waals surface area contributed by atoms with Gasteiger partial charge >= 0.3 is 19.7 Å². The van der Waals surface area contributed by atoms with E-state index in [0.29, 0.717) is 6.42 Å². The Morgan fingerprint density at radius 2 is 1.41 bits per heavy atom. The van der Waals surface area contributed by atoms with Crippen LogP contribution < -0.4 is 5.50 Å². The molecule has 160 valence electrons. The van der Waals surface area contributed by atoms with Gasteiger partial charge in [0.1, 0.15) is 6.61 Å². The molecule has 2 atom stereocenters. The quantitative estimate of drug-likeness (QED) is 0.211. The van der Waals surface area contributed by atoms with Crippen molar-refractivity contribution in [1.82, 2.24) is 0 Å². The van der Waals surface area contributed by atoms with Gasteiger partial charge in [0.25, 0.3) is 0 Å². The normalized spacial score (nSPS) is 14.4. The molecule has 0 amide bonds. The molecule has 0 aliphatic heterocycles. The maximum absolute atomic E-state index is 11.9. The maximum atomic E-state index is 11.9. The fraction of sp³-hybridized carbons (Fsp3) is 0.889. The lowest BCUT2D eigenvalue weighted by molar-refractivity contribution is -0.161. The Balaban J connectivity index is 4.26. The number of esters is 2. The van der Waals surface area contributed by atoms with Crippen LogP contribution in [0.5, 0.6) is 0 Å². The first-order chi connectivity index (χ1) is 12.8. The van der Waals surface area contributed by atoms with Crippen molar-refractivity contribution in [3.8, 4) is 0 Å². The number of rotatable bonds is 17. The predicted molar refractivity (Wildman–Crippen MR) is 103 cm³/mol. The molecule has 3 N–H and O–H groups in total. The highest BCUT2D eigenvalue weighted by molar-refractivity contribution is 7.50. The van der Waals surface area contributed by atoms with Crippen LogP contribution in [-0.2, 0) is 28.2 Å². The first-order valence-electron chi connectivity index (χ1n) is 9.89. The van der Waals surface area contributed by atoms with Crippen LogP contribution in [-0.4, -0.2) is 36.1 Å². The third kappa shape index (κ3) is 18.2. The molecule has 0 rings (SSSR count). The molecule has 0 aromatic carbocycles. The highest BCUT2D eigenvalue weighted by atomic mass is 31.2. The molecule has 9 heteroatoms. The van der Waals surface area contributed by atoms with Gasteiger partial charge in [-0.3, -0.25) is 14.1 Å². The summed E-state index contributed by atoms with van der Waals surface area (Å²) >= 11 is 0. The molecular formula is C18H36NO7P. The van der Waals surface area contributed by atoms with Crippen molar-refractivity contribution < 1.29 is 33.0 Å². The van der Waals surface area contributed by atoms with Gasteiger partial charge in [-0.2, -0.15) is 0 Å². The lowest BCUT2D eigenvalue weighted by Gasteiger charge is -2.18. The largest absolute Gasteiger partial charge is 0.462 e. The molecular weight excluding hydrogens is 373 g/mol. The molecule has 8 nitrogen and oxygen atoms in total. The fourth-order valence-corrected chi connectivity index (χ4v) is 2.76. The maximum Gasteiger partial charge on any atom is 0.400 e. The lowest BCUT2D eigenvalue weighted by Crippen LogP contribution is -2.29. The van der Waals surface area contributed by atoms with Crippen LogP contribution >= 0.6 is 7.75 Å². The summed E-state index contributed by atoms with van der Waals surface area (Å²) in [7, 11) is -4.20. The molecule has 27 heavy (non-hydrogen) atoms. The molecule has 1 unspecified atom stereocenters. The number of nitrogens with two attached hydrogens (primary N) is 1. The molecule has 0 spiro atoms. The van der Waals surface area contributed by atoms with E-state index in [-0.39, 0.29) is 19.4 Å². The lowest BCUT2D eigenvalue weighted by atomic mass is 10.1. The topological polar surface area (TPSA) is 125 Å². The van der Waals surface area contributed by atoms with E-state index in [1.807, 2.05) is 6.92 Å². The van der Waals surface area contributed by atoms with Crippen LogP contribution in [0.25, 0.3) is 0 Å². The molecule has 0 aliphatic carbocycles. The Kier molecular flexibility index (Phi) is 15.5. The van der Waals surface area contributed by atoms with E-state index < -0.39 is 32.4 Å². The molecule has 0 aromatic rings. The average molecular weight is 409 g/mol. The molecule has 0 bridgehead atoms. The van der Waals surface area contributed by atoms with E-state index in [4.69, 9.17) is 19.9 Å².